The van der Waals surface area contributed by atoms with Gasteiger partial charge in [0.05, 0.1) is 12.7 Å². The minimum Gasteiger partial charge on any atom is -0.388 e. The highest BCUT2D eigenvalue weighted by molar-refractivity contribution is 4.84. The van der Waals surface area contributed by atoms with E-state index >= 15 is 0 Å². The zero-order chi connectivity index (χ0) is 9.42. The highest BCUT2D eigenvalue weighted by Crippen LogP contribution is 2.28. The van der Waals surface area contributed by atoms with Crippen LogP contribution in [0.15, 0.2) is 0 Å². The minimum absolute atomic E-state index is 0.00954. The number of aliphatic hydroxyl groups is 3. The van der Waals surface area contributed by atoms with Crippen molar-refractivity contribution in [2.45, 2.75) is 43.5 Å². The molecule has 1 saturated heterocycles. The maximum Gasteiger partial charge on any atom is 0.186 e. The molecule has 0 aromatic heterocycles. The smallest absolute Gasteiger partial charge is 0.186 e. The minimum atomic E-state index is -1.17. The average Bonchev–Trinajstić information content (AvgIpc) is 2.90. The molecule has 1 saturated carbocycles. The Morgan fingerprint density at radius 2 is 1.77 bits per heavy atom. The predicted octanol–water partition coefficient (Wildman–Crippen LogP) is -1.40. The van der Waals surface area contributed by atoms with Crippen molar-refractivity contribution in [1.82, 2.24) is 0 Å². The van der Waals surface area contributed by atoms with Crippen LogP contribution in [0.2, 0.25) is 0 Å². The van der Waals surface area contributed by atoms with Gasteiger partial charge in [-0.1, -0.05) is 0 Å². The van der Waals surface area contributed by atoms with E-state index in [2.05, 4.69) is 0 Å². The fraction of sp³-hybridized carbons (Fsp3) is 1.00. The van der Waals surface area contributed by atoms with Gasteiger partial charge in [0.25, 0.3) is 0 Å². The fourth-order valence-corrected chi connectivity index (χ4v) is 1.29. The first-order chi connectivity index (χ1) is 6.18. The first-order valence-electron chi connectivity index (χ1n) is 4.50. The zero-order valence-electron chi connectivity index (χ0n) is 7.17. The van der Waals surface area contributed by atoms with Crippen molar-refractivity contribution in [2.75, 3.05) is 6.61 Å². The van der Waals surface area contributed by atoms with Gasteiger partial charge in [-0.3, -0.25) is 0 Å². The summed E-state index contributed by atoms with van der Waals surface area (Å²) in [5, 5.41) is 27.8. The number of hydrogen-bond acceptors (Lipinski definition) is 5. The molecule has 1 heterocycles. The molecule has 5 heteroatoms. The van der Waals surface area contributed by atoms with Crippen molar-refractivity contribution in [1.29, 1.82) is 0 Å². The molecule has 0 aromatic carbocycles. The second-order valence-electron chi connectivity index (χ2n) is 3.59. The third-order valence-corrected chi connectivity index (χ3v) is 2.31. The molecule has 0 radical (unpaired) electrons. The zero-order valence-corrected chi connectivity index (χ0v) is 7.17. The summed E-state index contributed by atoms with van der Waals surface area (Å²) in [7, 11) is 0. The third-order valence-electron chi connectivity index (χ3n) is 2.31. The molecular weight excluding hydrogens is 176 g/mol. The lowest BCUT2D eigenvalue weighted by Crippen LogP contribution is -2.53. The Morgan fingerprint density at radius 1 is 1.08 bits per heavy atom. The molecule has 0 unspecified atom stereocenters. The van der Waals surface area contributed by atoms with E-state index in [-0.39, 0.29) is 12.7 Å². The van der Waals surface area contributed by atoms with E-state index in [1.807, 2.05) is 0 Å². The first-order valence-corrected chi connectivity index (χ1v) is 4.50. The van der Waals surface area contributed by atoms with Crippen LogP contribution in [-0.2, 0) is 9.47 Å². The van der Waals surface area contributed by atoms with Gasteiger partial charge in [0.2, 0.25) is 0 Å². The van der Waals surface area contributed by atoms with Crippen LogP contribution < -0.4 is 0 Å². The molecule has 76 valence electrons. The van der Waals surface area contributed by atoms with Crippen LogP contribution in [0.25, 0.3) is 0 Å². The van der Waals surface area contributed by atoms with Crippen molar-refractivity contribution in [3.8, 4) is 0 Å². The summed E-state index contributed by atoms with van der Waals surface area (Å²) in [5.74, 6) is 0. The van der Waals surface area contributed by atoms with Crippen molar-refractivity contribution >= 4 is 0 Å². The number of ether oxygens (including phenoxy) is 2. The van der Waals surface area contributed by atoms with Crippen molar-refractivity contribution in [2.24, 2.45) is 0 Å². The maximum atomic E-state index is 9.42. The first kappa shape index (κ1) is 9.36. The molecule has 2 rings (SSSR count). The summed E-state index contributed by atoms with van der Waals surface area (Å²) in [6.45, 7) is 0.00954. The van der Waals surface area contributed by atoms with Gasteiger partial charge < -0.3 is 24.8 Å². The van der Waals surface area contributed by atoms with Crippen molar-refractivity contribution < 1.29 is 24.8 Å². The molecule has 13 heavy (non-hydrogen) atoms. The lowest BCUT2D eigenvalue weighted by atomic mass is 10.1. The molecule has 4 atom stereocenters. The molecule has 1 aliphatic heterocycles. The van der Waals surface area contributed by atoms with Crippen LogP contribution in [0.5, 0.6) is 0 Å². The van der Waals surface area contributed by atoms with E-state index in [0.717, 1.165) is 12.8 Å². The van der Waals surface area contributed by atoms with Crippen molar-refractivity contribution in [3.05, 3.63) is 0 Å². The number of aliphatic hydroxyl groups excluding tert-OH is 3. The van der Waals surface area contributed by atoms with Crippen LogP contribution in [0, 0.1) is 0 Å². The number of rotatable bonds is 2. The lowest BCUT2D eigenvalue weighted by molar-refractivity contribution is -0.273. The molecule has 2 aliphatic rings. The monoisotopic (exact) mass is 190 g/mol. The molecule has 1 aliphatic carbocycles. The van der Waals surface area contributed by atoms with Crippen LogP contribution in [0.4, 0.5) is 0 Å². The van der Waals surface area contributed by atoms with Crippen LogP contribution >= 0.6 is 0 Å². The summed E-state index contributed by atoms with van der Waals surface area (Å²) in [5.41, 5.74) is 0. The van der Waals surface area contributed by atoms with Crippen LogP contribution in [0.3, 0.4) is 0 Å². The standard InChI is InChI=1S/C8H14O5/c9-5-3-12-8(7(11)6(5)10)13-4-1-2-4/h4-11H,1-3H2/t5-,6-,7+,8-/m1/s1. The van der Waals surface area contributed by atoms with E-state index in [1.165, 1.54) is 0 Å². The molecule has 0 amide bonds. The summed E-state index contributed by atoms with van der Waals surface area (Å²) < 4.78 is 10.3. The van der Waals surface area contributed by atoms with Gasteiger partial charge in [0, 0.05) is 0 Å². The largest absolute Gasteiger partial charge is 0.388 e. The lowest BCUT2D eigenvalue weighted by Gasteiger charge is -2.34. The average molecular weight is 190 g/mol. The van der Waals surface area contributed by atoms with Crippen molar-refractivity contribution in [3.63, 3.8) is 0 Å². The Kier molecular flexibility index (Phi) is 2.53. The molecular formula is C8H14O5. The van der Waals surface area contributed by atoms with Gasteiger partial charge in [-0.2, -0.15) is 0 Å². The maximum absolute atomic E-state index is 9.42. The molecule has 5 nitrogen and oxygen atoms in total. The molecule has 0 spiro atoms. The predicted molar refractivity (Wildman–Crippen MR) is 41.9 cm³/mol. The van der Waals surface area contributed by atoms with E-state index < -0.39 is 24.6 Å². The van der Waals surface area contributed by atoms with E-state index in [0.29, 0.717) is 0 Å². The second-order valence-corrected chi connectivity index (χ2v) is 3.59. The fourth-order valence-electron chi connectivity index (χ4n) is 1.29. The summed E-state index contributed by atoms with van der Waals surface area (Å²) in [4.78, 5) is 0. The number of hydrogen-bond donors (Lipinski definition) is 3. The summed E-state index contributed by atoms with van der Waals surface area (Å²) >= 11 is 0. The van der Waals surface area contributed by atoms with E-state index in [9.17, 15) is 10.2 Å². The quantitative estimate of drug-likeness (QED) is 0.499. The van der Waals surface area contributed by atoms with Gasteiger partial charge in [-0.25, -0.2) is 0 Å². The Labute approximate surface area is 75.9 Å². The van der Waals surface area contributed by atoms with Crippen LogP contribution in [0.1, 0.15) is 12.8 Å². The molecule has 3 N–H and O–H groups in total. The van der Waals surface area contributed by atoms with Gasteiger partial charge in [-0.05, 0) is 12.8 Å². The van der Waals surface area contributed by atoms with Gasteiger partial charge in [-0.15, -0.1) is 0 Å². The Morgan fingerprint density at radius 3 is 2.38 bits per heavy atom. The Bertz CT molecular complexity index is 181. The summed E-state index contributed by atoms with van der Waals surface area (Å²) in [6, 6.07) is 0. The van der Waals surface area contributed by atoms with Gasteiger partial charge in [0.15, 0.2) is 6.29 Å². The van der Waals surface area contributed by atoms with Gasteiger partial charge >= 0.3 is 0 Å². The molecule has 0 bridgehead atoms. The highest BCUT2D eigenvalue weighted by atomic mass is 16.7. The topological polar surface area (TPSA) is 79.2 Å². The van der Waals surface area contributed by atoms with E-state index in [4.69, 9.17) is 14.6 Å². The Hall–Kier alpha value is -0.200. The molecule has 2 fully saturated rings. The Balaban J connectivity index is 1.88. The van der Waals surface area contributed by atoms with E-state index in [1.54, 1.807) is 0 Å². The highest BCUT2D eigenvalue weighted by Gasteiger charge is 2.40. The third kappa shape index (κ3) is 2.00. The second kappa shape index (κ2) is 3.51. The van der Waals surface area contributed by atoms with Crippen LogP contribution in [-0.4, -0.2) is 52.6 Å². The normalized spacial score (nSPS) is 46.4. The molecule has 0 aromatic rings. The summed E-state index contributed by atoms with van der Waals surface area (Å²) in [6.07, 6.45) is -2.01. The SMILES string of the molecule is O[C@@H]1[C@@H](OC2CC2)OC[C@@H](O)[C@H]1O. The van der Waals surface area contributed by atoms with Gasteiger partial charge in [0.1, 0.15) is 18.3 Å².